The minimum atomic E-state index is -3.47. The van der Waals surface area contributed by atoms with Crippen LogP contribution < -0.4 is 20.9 Å². The van der Waals surface area contributed by atoms with Gasteiger partial charge >= 0.3 is 18.3 Å². The van der Waals surface area contributed by atoms with Crippen LogP contribution in [0.2, 0.25) is 0 Å². The molecule has 14 heteroatoms. The maximum Gasteiger partial charge on any atom is 0.330 e. The molecule has 0 radical (unpaired) electrons. The summed E-state index contributed by atoms with van der Waals surface area (Å²) in [6.07, 6.45) is 2.69. The van der Waals surface area contributed by atoms with Gasteiger partial charge in [0, 0.05) is 12.3 Å². The number of rotatable bonds is 13. The Labute approximate surface area is 230 Å². The third-order valence-electron chi connectivity index (χ3n) is 5.77. The van der Waals surface area contributed by atoms with Crippen molar-refractivity contribution in [3.63, 3.8) is 0 Å². The molecule has 6 atom stereocenters. The second-order valence-electron chi connectivity index (χ2n) is 9.06. The van der Waals surface area contributed by atoms with Gasteiger partial charge in [-0.2, -0.15) is 0 Å². The second kappa shape index (κ2) is 13.0. The lowest BCUT2D eigenvalue weighted by Gasteiger charge is -2.53. The van der Waals surface area contributed by atoms with Gasteiger partial charge in [0.2, 0.25) is 5.72 Å². The normalized spacial score (nSPS) is 23.6. The van der Waals surface area contributed by atoms with Crippen LogP contribution in [0.25, 0.3) is 0 Å². The van der Waals surface area contributed by atoms with E-state index in [1.807, 2.05) is 17.8 Å². The number of nitrogens with one attached hydrogen (secondary N) is 2. The monoisotopic (exact) mass is 581 g/mol. The molecule has 1 fully saturated rings. The van der Waals surface area contributed by atoms with E-state index >= 15 is 0 Å². The predicted molar refractivity (Wildman–Crippen MR) is 145 cm³/mol. The minimum Gasteiger partial charge on any atom is -0.462 e. The van der Waals surface area contributed by atoms with Crippen molar-refractivity contribution >= 4 is 24.4 Å². The van der Waals surface area contributed by atoms with Gasteiger partial charge in [-0.05, 0) is 44.2 Å². The molecule has 1 aromatic heterocycles. The predicted octanol–water partition coefficient (Wildman–Crippen LogP) is 0.973. The largest absolute Gasteiger partial charge is 0.462 e. The number of carbonyl (C=O) groups is 1. The number of benzene rings is 1. The lowest BCUT2D eigenvalue weighted by molar-refractivity contribution is -0.361. The number of aliphatic hydroxyl groups is 2. The van der Waals surface area contributed by atoms with Crippen LogP contribution >= 0.6 is 6.64 Å². The Morgan fingerprint density at radius 3 is 2.59 bits per heavy atom. The molecule has 1 aliphatic heterocycles. The van der Waals surface area contributed by atoms with Crippen molar-refractivity contribution in [2.45, 2.75) is 69.8 Å². The first kappa shape index (κ1) is 30.7. The lowest BCUT2D eigenvalue weighted by Crippen LogP contribution is -2.73. The molecule has 1 unspecified atom stereocenters. The maximum atomic E-state index is 12.7. The Morgan fingerprint density at radius 2 is 2.03 bits per heavy atom. The summed E-state index contributed by atoms with van der Waals surface area (Å²) in [4.78, 5) is 38.7. The van der Waals surface area contributed by atoms with Crippen molar-refractivity contribution in [2.24, 2.45) is 0 Å². The van der Waals surface area contributed by atoms with E-state index in [1.165, 1.54) is 0 Å². The highest BCUT2D eigenvalue weighted by Gasteiger charge is 2.61. The van der Waals surface area contributed by atoms with Crippen LogP contribution in [-0.4, -0.2) is 62.8 Å². The van der Waals surface area contributed by atoms with E-state index in [0.717, 1.165) is 16.8 Å². The Morgan fingerprint density at radius 1 is 1.33 bits per heavy atom. The summed E-state index contributed by atoms with van der Waals surface area (Å²) >= 11 is 5.73. The van der Waals surface area contributed by atoms with Gasteiger partial charge < -0.3 is 28.7 Å². The minimum absolute atomic E-state index is 0.349. The Kier molecular flexibility index (Phi) is 10.3. The van der Waals surface area contributed by atoms with E-state index in [9.17, 15) is 24.6 Å². The molecule has 1 aliphatic rings. The number of aromatic amines is 1. The summed E-state index contributed by atoms with van der Waals surface area (Å²) in [5.41, 5.74) is -3.70. The third-order valence-corrected chi connectivity index (χ3v) is 8.20. The molecule has 0 saturated carbocycles. The van der Waals surface area contributed by atoms with Crippen molar-refractivity contribution in [3.05, 3.63) is 63.4 Å². The van der Waals surface area contributed by atoms with E-state index in [1.54, 1.807) is 44.2 Å². The van der Waals surface area contributed by atoms with Crippen molar-refractivity contribution < 1.29 is 33.5 Å². The number of hydrogen-bond donors (Lipinski definition) is 4. The number of terminal acetylenes is 1. The summed E-state index contributed by atoms with van der Waals surface area (Å²) in [5, 5.41) is 24.5. The molecule has 4 N–H and O–H groups in total. The van der Waals surface area contributed by atoms with Crippen LogP contribution in [-0.2, 0) is 36.3 Å². The average Bonchev–Trinajstić information content (AvgIpc) is 2.88. The van der Waals surface area contributed by atoms with Gasteiger partial charge in [0.1, 0.15) is 24.0 Å². The Balaban J connectivity index is 1.84. The van der Waals surface area contributed by atoms with Gasteiger partial charge in [-0.3, -0.25) is 19.1 Å². The van der Waals surface area contributed by atoms with Crippen molar-refractivity contribution in [2.75, 3.05) is 6.61 Å². The molecule has 2 heterocycles. The topological polar surface area (TPSA) is 161 Å². The highest BCUT2D eigenvalue weighted by molar-refractivity contribution is 8.09. The first-order chi connectivity index (χ1) is 18.5. The van der Waals surface area contributed by atoms with Crippen molar-refractivity contribution in [1.29, 1.82) is 0 Å². The second-order valence-corrected chi connectivity index (χ2v) is 12.2. The molecule has 1 aromatic carbocycles. The van der Waals surface area contributed by atoms with E-state index < -0.39 is 53.9 Å². The SMILES string of the molecule is C#C[C@H](O)[C@@]1(n2ccc(=O)[nH]c2=O)O[C@H](COP(=S)(N[C@@H](CCC)C(=O)OC(C)C)Oc2ccccc2)[C@H]1O. The Bertz CT molecular complexity index is 1340. The van der Waals surface area contributed by atoms with Crippen LogP contribution in [0.3, 0.4) is 0 Å². The number of nitrogens with zero attached hydrogens (tertiary/aromatic N) is 1. The number of H-pyrrole nitrogens is 1. The zero-order chi connectivity index (χ0) is 28.8. The first-order valence-corrected chi connectivity index (χ1v) is 14.9. The van der Waals surface area contributed by atoms with Gasteiger partial charge in [0.25, 0.3) is 5.56 Å². The molecule has 0 amide bonds. The maximum absolute atomic E-state index is 12.7. The van der Waals surface area contributed by atoms with Crippen LogP contribution in [0, 0.1) is 12.3 Å². The van der Waals surface area contributed by atoms with Crippen LogP contribution in [0.4, 0.5) is 0 Å². The van der Waals surface area contributed by atoms with Crippen molar-refractivity contribution in [3.8, 4) is 18.1 Å². The summed E-state index contributed by atoms with van der Waals surface area (Å²) in [5.74, 6) is 1.91. The molecule has 39 heavy (non-hydrogen) atoms. The molecule has 0 aliphatic carbocycles. The van der Waals surface area contributed by atoms with Crippen LogP contribution in [0.1, 0.15) is 33.6 Å². The van der Waals surface area contributed by atoms with E-state index in [-0.39, 0.29) is 12.7 Å². The van der Waals surface area contributed by atoms with Gasteiger partial charge in [-0.25, -0.2) is 9.88 Å². The van der Waals surface area contributed by atoms with Crippen molar-refractivity contribution in [1.82, 2.24) is 14.6 Å². The number of ether oxygens (including phenoxy) is 2. The van der Waals surface area contributed by atoms with Gasteiger partial charge in [-0.15, -0.1) is 6.42 Å². The number of esters is 1. The van der Waals surface area contributed by atoms with Crippen LogP contribution in [0.15, 0.2) is 52.2 Å². The highest BCUT2D eigenvalue weighted by Crippen LogP contribution is 2.48. The van der Waals surface area contributed by atoms with Gasteiger partial charge in [-0.1, -0.05) is 37.5 Å². The summed E-state index contributed by atoms with van der Waals surface area (Å²) in [7, 11) is 0. The van der Waals surface area contributed by atoms with E-state index in [4.69, 9.17) is 36.8 Å². The zero-order valence-electron chi connectivity index (χ0n) is 21.7. The van der Waals surface area contributed by atoms with Crippen LogP contribution in [0.5, 0.6) is 5.75 Å². The summed E-state index contributed by atoms with van der Waals surface area (Å²) < 4.78 is 23.9. The van der Waals surface area contributed by atoms with E-state index in [2.05, 4.69) is 5.09 Å². The molecule has 3 rings (SSSR count). The standard InChI is InChI=1S/C25H32N3O9PS/c1-5-10-18(23(32)35-16(3)4)27-38(39,37-17-11-8-7-9-12-17)34-15-19-22(31)25(36-19,20(29)6-2)28-14-13-21(30)26-24(28)33/h2,7-9,11-14,16,18-20,22,29,31H,5,10,15H2,1,3-4H3,(H,27,39)(H,26,30,33)/t18-,19+,20-,22+,25+,38?/m0/s1. The molecule has 0 spiro atoms. The fourth-order valence-corrected chi connectivity index (χ4v) is 6.34. The molecular weight excluding hydrogens is 549 g/mol. The fourth-order valence-electron chi connectivity index (χ4n) is 3.98. The molecule has 1 saturated heterocycles. The molecule has 2 aromatic rings. The molecule has 212 valence electrons. The van der Waals surface area contributed by atoms with Gasteiger partial charge in [0.15, 0.2) is 6.10 Å². The number of hydrogen-bond acceptors (Lipinski definition) is 10. The number of aromatic nitrogens is 2. The highest BCUT2D eigenvalue weighted by atomic mass is 32.5. The first-order valence-electron chi connectivity index (χ1n) is 12.3. The Hall–Kier alpha value is -2.82. The zero-order valence-corrected chi connectivity index (χ0v) is 23.4. The number of carbonyl (C=O) groups excluding carboxylic acids is 1. The average molecular weight is 582 g/mol. The lowest BCUT2D eigenvalue weighted by atomic mass is 9.88. The number of para-hydroxylation sites is 1. The molecule has 12 nitrogen and oxygen atoms in total. The molecular formula is C25H32N3O9PS. The fraction of sp³-hybridized carbons (Fsp3) is 0.480. The number of aliphatic hydroxyl groups excluding tert-OH is 2. The third kappa shape index (κ3) is 7.04. The van der Waals surface area contributed by atoms with Gasteiger partial charge in [0.05, 0.1) is 12.7 Å². The summed E-state index contributed by atoms with van der Waals surface area (Å²) in [6.45, 7) is 1.53. The molecule has 0 bridgehead atoms. The van der Waals surface area contributed by atoms with E-state index in [0.29, 0.717) is 18.6 Å². The smallest absolute Gasteiger partial charge is 0.330 e. The quantitative estimate of drug-likeness (QED) is 0.152. The summed E-state index contributed by atoms with van der Waals surface area (Å²) in [6, 6.07) is 8.79.